The predicted octanol–water partition coefficient (Wildman–Crippen LogP) is 7.21. The van der Waals surface area contributed by atoms with Crippen molar-refractivity contribution < 1.29 is 37.0 Å². The van der Waals surface area contributed by atoms with Crippen LogP contribution in [0.5, 0.6) is 0 Å². The topological polar surface area (TPSA) is 97.6 Å². The molecule has 232 valence electrons. The third kappa shape index (κ3) is 6.49. The lowest BCUT2D eigenvalue weighted by Crippen LogP contribution is -2.29. The van der Waals surface area contributed by atoms with Gasteiger partial charge in [0.1, 0.15) is 5.82 Å². The Hall–Kier alpha value is -4.88. The number of carbonyl (C=O) groups excluding carboxylic acids is 1. The number of nitrogens with zero attached hydrogens (tertiary/aromatic N) is 4. The number of thiazole rings is 1. The summed E-state index contributed by atoms with van der Waals surface area (Å²) in [7, 11) is 3.19. The van der Waals surface area contributed by atoms with Crippen molar-refractivity contribution in [3.8, 4) is 38.0 Å². The highest BCUT2D eigenvalue weighted by atomic mass is 32.1. The molecule has 5 aromatic rings. The predicted molar refractivity (Wildman–Crippen MR) is 161 cm³/mol. The van der Waals surface area contributed by atoms with Gasteiger partial charge in [-0.2, -0.15) is 23.0 Å². The highest BCUT2D eigenvalue weighted by Crippen LogP contribution is 2.41. The van der Waals surface area contributed by atoms with Crippen LogP contribution in [0.4, 0.5) is 17.6 Å². The zero-order valence-corrected chi connectivity index (χ0v) is 25.0. The summed E-state index contributed by atoms with van der Waals surface area (Å²) in [5.41, 5.74) is 1.39. The fourth-order valence-corrected chi connectivity index (χ4v) is 5.83. The summed E-state index contributed by atoms with van der Waals surface area (Å²) in [5.74, 6) is -2.11. The second-order valence-electron chi connectivity index (χ2n) is 10.1. The zero-order chi connectivity index (χ0) is 32.5. The van der Waals surface area contributed by atoms with Crippen molar-refractivity contribution in [1.29, 1.82) is 0 Å². The van der Waals surface area contributed by atoms with Gasteiger partial charge >= 0.3 is 12.1 Å². The molecule has 0 aliphatic rings. The lowest BCUT2D eigenvalue weighted by atomic mass is 10.0. The molecule has 0 atom stereocenters. The summed E-state index contributed by atoms with van der Waals surface area (Å²) in [4.78, 5) is 32.1. The summed E-state index contributed by atoms with van der Waals surface area (Å²) in [6, 6.07) is 16.6. The number of ether oxygens (including phenoxy) is 1. The van der Waals surface area contributed by atoms with E-state index in [1.54, 1.807) is 44.3 Å². The molecule has 2 heterocycles. The molecule has 5 rings (SSSR count). The third-order valence-corrected chi connectivity index (χ3v) is 8.11. The molecule has 0 bridgehead atoms. The molecule has 3 aromatic carbocycles. The lowest BCUT2D eigenvalue weighted by molar-refractivity contribution is -0.137. The minimum Gasteiger partial charge on any atom is -0.476 e. The van der Waals surface area contributed by atoms with Crippen LogP contribution in [0.3, 0.4) is 0 Å². The van der Waals surface area contributed by atoms with Crippen LogP contribution in [0.1, 0.15) is 32.1 Å². The number of amides is 1. The van der Waals surface area contributed by atoms with E-state index in [1.165, 1.54) is 42.3 Å². The maximum atomic E-state index is 14.1. The van der Waals surface area contributed by atoms with Gasteiger partial charge in [0.2, 0.25) is 5.13 Å². The van der Waals surface area contributed by atoms with Gasteiger partial charge in [-0.1, -0.05) is 47.7 Å². The maximum Gasteiger partial charge on any atom is 0.416 e. The number of aryl methyl sites for hydroxylation is 1. The molecule has 0 aliphatic heterocycles. The Morgan fingerprint density at radius 3 is 2.27 bits per heavy atom. The first-order chi connectivity index (χ1) is 21.4. The minimum absolute atomic E-state index is 0.127. The number of hydrogen-bond acceptors (Lipinski definition) is 6. The summed E-state index contributed by atoms with van der Waals surface area (Å²) in [6.07, 6.45) is -4.54. The fraction of sp³-hybridized carbons (Fsp3) is 0.188. The first-order valence-corrected chi connectivity index (χ1v) is 14.3. The van der Waals surface area contributed by atoms with Crippen LogP contribution in [0, 0.1) is 12.7 Å². The van der Waals surface area contributed by atoms with Gasteiger partial charge in [0, 0.05) is 37.4 Å². The van der Waals surface area contributed by atoms with Crippen molar-refractivity contribution in [2.75, 3.05) is 27.3 Å². The number of aromatic carboxylic acids is 1. The molecule has 0 radical (unpaired) electrons. The van der Waals surface area contributed by atoms with E-state index in [4.69, 9.17) is 4.74 Å². The molecule has 0 saturated heterocycles. The van der Waals surface area contributed by atoms with Crippen LogP contribution in [-0.2, 0) is 10.9 Å². The van der Waals surface area contributed by atoms with E-state index in [1.807, 2.05) is 0 Å². The lowest BCUT2D eigenvalue weighted by Gasteiger charge is -2.16. The van der Waals surface area contributed by atoms with Gasteiger partial charge in [0.05, 0.1) is 28.4 Å². The molecule has 1 amide bonds. The summed E-state index contributed by atoms with van der Waals surface area (Å²) >= 11 is 1.07. The van der Waals surface area contributed by atoms with Gasteiger partial charge in [-0.05, 0) is 54.4 Å². The van der Waals surface area contributed by atoms with E-state index in [0.29, 0.717) is 46.0 Å². The van der Waals surface area contributed by atoms with Gasteiger partial charge in [-0.15, -0.1) is 0 Å². The maximum absolute atomic E-state index is 14.1. The van der Waals surface area contributed by atoms with Crippen LogP contribution >= 0.6 is 11.3 Å². The smallest absolute Gasteiger partial charge is 0.416 e. The van der Waals surface area contributed by atoms with Crippen LogP contribution in [0.25, 0.3) is 38.0 Å². The first-order valence-electron chi connectivity index (χ1n) is 13.5. The molecule has 1 N–H and O–H groups in total. The Balaban J connectivity index is 1.64. The summed E-state index contributed by atoms with van der Waals surface area (Å²) in [6.45, 7) is 2.35. The normalized spacial score (nSPS) is 11.5. The molecular weight excluding hydrogens is 612 g/mol. The number of hydrogen-bond donors (Lipinski definition) is 1. The van der Waals surface area contributed by atoms with Gasteiger partial charge in [-0.25, -0.2) is 14.2 Å². The van der Waals surface area contributed by atoms with E-state index in [2.05, 4.69) is 10.1 Å². The summed E-state index contributed by atoms with van der Waals surface area (Å²) in [5, 5.41) is 14.8. The van der Waals surface area contributed by atoms with Crippen LogP contribution in [-0.4, -0.2) is 64.0 Å². The second-order valence-corrected chi connectivity index (χ2v) is 11.1. The van der Waals surface area contributed by atoms with Gasteiger partial charge in [-0.3, -0.25) is 4.79 Å². The standard InChI is InChI=1S/C32H26F4N4O4S/c1-18-25(22-5-4-6-24(33)17-22)27(30(42)43)40(38-18)31-37-26(19-11-13-23(14-12-19)32(34,35)36)28(45-31)20-7-9-21(10-8-20)29(41)39(2)15-16-44-3/h4-14,17H,15-16H2,1-3H3,(H,42,43). The Bertz CT molecular complexity index is 1870. The molecule has 0 saturated carbocycles. The summed E-state index contributed by atoms with van der Waals surface area (Å²) < 4.78 is 60.2. The van der Waals surface area contributed by atoms with Crippen molar-refractivity contribution in [3.05, 3.63) is 101 Å². The number of carboxylic acid groups (broad SMARTS) is 1. The number of benzene rings is 3. The van der Waals surface area contributed by atoms with Gasteiger partial charge < -0.3 is 14.7 Å². The Labute approximate surface area is 259 Å². The van der Waals surface area contributed by atoms with Gasteiger partial charge in [0.25, 0.3) is 5.91 Å². The number of rotatable bonds is 9. The number of aromatic nitrogens is 3. The Kier molecular flexibility index (Phi) is 8.84. The molecule has 0 fully saturated rings. The first kappa shape index (κ1) is 31.5. The quantitative estimate of drug-likeness (QED) is 0.171. The molecule has 45 heavy (non-hydrogen) atoms. The van der Waals surface area contributed by atoms with Crippen LogP contribution < -0.4 is 0 Å². The van der Waals surface area contributed by atoms with Crippen LogP contribution in [0.2, 0.25) is 0 Å². The fourth-order valence-electron chi connectivity index (χ4n) is 4.77. The molecular formula is C32H26F4N4O4S. The molecule has 13 heteroatoms. The minimum atomic E-state index is -4.54. The highest BCUT2D eigenvalue weighted by molar-refractivity contribution is 7.18. The second kappa shape index (κ2) is 12.6. The average molecular weight is 639 g/mol. The van der Waals surface area contributed by atoms with E-state index >= 15 is 0 Å². The SMILES string of the molecule is COCCN(C)C(=O)c1ccc(-c2sc(-n3nc(C)c(-c4cccc(F)c4)c3C(=O)O)nc2-c2ccc(C(F)(F)F)cc2)cc1. The monoisotopic (exact) mass is 638 g/mol. The zero-order valence-electron chi connectivity index (χ0n) is 24.2. The van der Waals surface area contributed by atoms with Crippen molar-refractivity contribution in [1.82, 2.24) is 19.7 Å². The largest absolute Gasteiger partial charge is 0.476 e. The number of halogens is 4. The number of carboxylic acids is 1. The van der Waals surface area contributed by atoms with Gasteiger partial charge in [0.15, 0.2) is 5.69 Å². The van der Waals surface area contributed by atoms with Crippen molar-refractivity contribution in [2.45, 2.75) is 13.1 Å². The van der Waals surface area contributed by atoms with E-state index in [-0.39, 0.29) is 28.0 Å². The Morgan fingerprint density at radius 2 is 1.67 bits per heavy atom. The van der Waals surface area contributed by atoms with Crippen molar-refractivity contribution in [2.24, 2.45) is 0 Å². The third-order valence-electron chi connectivity index (χ3n) is 7.03. The van der Waals surface area contributed by atoms with Crippen molar-refractivity contribution >= 4 is 23.2 Å². The number of alkyl halides is 3. The average Bonchev–Trinajstić information content (AvgIpc) is 3.61. The molecule has 2 aromatic heterocycles. The van der Waals surface area contributed by atoms with Crippen molar-refractivity contribution in [3.63, 3.8) is 0 Å². The Morgan fingerprint density at radius 1 is 1.00 bits per heavy atom. The number of carbonyl (C=O) groups is 2. The molecule has 0 spiro atoms. The van der Waals surface area contributed by atoms with E-state index in [0.717, 1.165) is 28.2 Å². The molecule has 8 nitrogen and oxygen atoms in total. The number of likely N-dealkylation sites (N-methyl/N-ethyl adjacent to an activating group) is 1. The molecule has 0 aliphatic carbocycles. The van der Waals surface area contributed by atoms with E-state index in [9.17, 15) is 32.3 Å². The highest BCUT2D eigenvalue weighted by Gasteiger charge is 2.31. The number of methoxy groups -OCH3 is 1. The van der Waals surface area contributed by atoms with E-state index < -0.39 is 23.5 Å². The van der Waals surface area contributed by atoms with Crippen LogP contribution in [0.15, 0.2) is 72.8 Å². The molecule has 0 unspecified atom stereocenters.